The van der Waals surface area contributed by atoms with E-state index in [0.717, 1.165) is 35.7 Å². The summed E-state index contributed by atoms with van der Waals surface area (Å²) >= 11 is 12.1. The number of unbranched alkanes of at least 4 members (excludes halogenated alkanes) is 9. The molecule has 0 spiro atoms. The predicted molar refractivity (Wildman–Crippen MR) is 114 cm³/mol. The SMILES string of the molecule is CCCCCCCCCCCCOc1cc(CCl)c(OCC)cc1CCl. The molecule has 1 aromatic rings. The van der Waals surface area contributed by atoms with E-state index in [1.165, 1.54) is 57.8 Å². The lowest BCUT2D eigenvalue weighted by molar-refractivity contribution is 0.299. The van der Waals surface area contributed by atoms with E-state index in [2.05, 4.69) is 6.92 Å². The number of alkyl halides is 2. The van der Waals surface area contributed by atoms with Crippen LogP contribution in [0, 0.1) is 0 Å². The summed E-state index contributed by atoms with van der Waals surface area (Å²) in [5.41, 5.74) is 1.93. The largest absolute Gasteiger partial charge is 0.494 e. The van der Waals surface area contributed by atoms with Crippen molar-refractivity contribution in [2.75, 3.05) is 13.2 Å². The second-order valence-electron chi connectivity index (χ2n) is 6.80. The van der Waals surface area contributed by atoms with Crippen LogP contribution in [0.25, 0.3) is 0 Å². The molecule has 0 aliphatic heterocycles. The molecule has 0 unspecified atom stereocenters. The van der Waals surface area contributed by atoms with Crippen molar-refractivity contribution in [3.63, 3.8) is 0 Å². The summed E-state index contributed by atoms with van der Waals surface area (Å²) < 4.78 is 11.6. The molecule has 0 aliphatic rings. The van der Waals surface area contributed by atoms with E-state index < -0.39 is 0 Å². The van der Waals surface area contributed by atoms with Crippen LogP contribution in [-0.2, 0) is 11.8 Å². The zero-order valence-electron chi connectivity index (χ0n) is 16.6. The van der Waals surface area contributed by atoms with Crippen LogP contribution in [0.4, 0.5) is 0 Å². The molecule has 2 nitrogen and oxygen atoms in total. The van der Waals surface area contributed by atoms with E-state index in [1.54, 1.807) is 0 Å². The lowest BCUT2D eigenvalue weighted by atomic mass is 10.1. The molecule has 26 heavy (non-hydrogen) atoms. The van der Waals surface area contributed by atoms with Crippen molar-refractivity contribution in [2.45, 2.75) is 89.8 Å². The van der Waals surface area contributed by atoms with Crippen molar-refractivity contribution in [1.29, 1.82) is 0 Å². The minimum absolute atomic E-state index is 0.409. The second-order valence-corrected chi connectivity index (χ2v) is 7.33. The maximum Gasteiger partial charge on any atom is 0.124 e. The monoisotopic (exact) mass is 402 g/mol. The Morgan fingerprint density at radius 3 is 1.58 bits per heavy atom. The number of rotatable bonds is 16. The van der Waals surface area contributed by atoms with Gasteiger partial charge in [0.2, 0.25) is 0 Å². The number of halogens is 2. The Balaban J connectivity index is 2.26. The molecule has 0 radical (unpaired) electrons. The number of hydrogen-bond acceptors (Lipinski definition) is 2. The summed E-state index contributed by atoms with van der Waals surface area (Å²) in [4.78, 5) is 0. The third kappa shape index (κ3) is 9.37. The molecule has 0 saturated carbocycles. The van der Waals surface area contributed by atoms with Gasteiger partial charge in [0, 0.05) is 11.1 Å². The summed E-state index contributed by atoms with van der Waals surface area (Å²) in [6.07, 6.45) is 13.2. The van der Waals surface area contributed by atoms with Gasteiger partial charge in [0.05, 0.1) is 25.0 Å². The maximum absolute atomic E-state index is 6.07. The van der Waals surface area contributed by atoms with Gasteiger partial charge in [-0.05, 0) is 25.5 Å². The predicted octanol–water partition coefficient (Wildman–Crippen LogP) is 7.86. The summed E-state index contributed by atoms with van der Waals surface area (Å²) in [5, 5.41) is 0. The molecule has 0 N–H and O–H groups in total. The first-order chi connectivity index (χ1) is 12.8. The van der Waals surface area contributed by atoms with E-state index in [-0.39, 0.29) is 0 Å². The molecule has 1 rings (SSSR count). The highest BCUT2D eigenvalue weighted by Crippen LogP contribution is 2.31. The normalized spacial score (nSPS) is 10.9. The molecule has 0 bridgehead atoms. The fraction of sp³-hybridized carbons (Fsp3) is 0.727. The lowest BCUT2D eigenvalue weighted by Crippen LogP contribution is -2.03. The molecule has 0 fully saturated rings. The Hall–Kier alpha value is -0.600. The molecular weight excluding hydrogens is 367 g/mol. The van der Waals surface area contributed by atoms with Gasteiger partial charge < -0.3 is 9.47 Å². The Morgan fingerprint density at radius 1 is 0.654 bits per heavy atom. The van der Waals surface area contributed by atoms with E-state index in [0.29, 0.717) is 18.4 Å². The smallest absolute Gasteiger partial charge is 0.124 e. The first-order valence-corrected chi connectivity index (χ1v) is 11.4. The van der Waals surface area contributed by atoms with Crippen molar-refractivity contribution in [3.8, 4) is 11.5 Å². The number of hydrogen-bond donors (Lipinski definition) is 0. The topological polar surface area (TPSA) is 18.5 Å². The van der Waals surface area contributed by atoms with Crippen LogP contribution in [0.1, 0.15) is 89.2 Å². The first-order valence-electron chi connectivity index (χ1n) is 10.3. The summed E-state index contributed by atoms with van der Waals surface area (Å²) in [5.74, 6) is 2.47. The van der Waals surface area contributed by atoms with Gasteiger partial charge in [-0.2, -0.15) is 0 Å². The molecule has 1 aromatic carbocycles. The third-order valence-electron chi connectivity index (χ3n) is 4.59. The first kappa shape index (κ1) is 23.4. The van der Waals surface area contributed by atoms with Crippen LogP contribution in [0.15, 0.2) is 12.1 Å². The molecule has 150 valence electrons. The fourth-order valence-electron chi connectivity index (χ4n) is 3.05. The highest BCUT2D eigenvalue weighted by atomic mass is 35.5. The van der Waals surface area contributed by atoms with Gasteiger partial charge in [0.25, 0.3) is 0 Å². The zero-order chi connectivity index (χ0) is 19.0. The minimum Gasteiger partial charge on any atom is -0.494 e. The van der Waals surface area contributed by atoms with E-state index in [1.807, 2.05) is 19.1 Å². The van der Waals surface area contributed by atoms with Gasteiger partial charge in [-0.3, -0.25) is 0 Å². The fourth-order valence-corrected chi connectivity index (χ4v) is 3.47. The number of benzene rings is 1. The average molecular weight is 403 g/mol. The van der Waals surface area contributed by atoms with Crippen molar-refractivity contribution >= 4 is 23.2 Å². The van der Waals surface area contributed by atoms with Gasteiger partial charge in [0.15, 0.2) is 0 Å². The number of ether oxygens (including phenoxy) is 2. The Morgan fingerprint density at radius 2 is 1.12 bits per heavy atom. The van der Waals surface area contributed by atoms with Crippen LogP contribution < -0.4 is 9.47 Å². The summed E-state index contributed by atoms with van der Waals surface area (Å²) in [6.45, 7) is 5.58. The van der Waals surface area contributed by atoms with Crippen LogP contribution in [0.5, 0.6) is 11.5 Å². The van der Waals surface area contributed by atoms with Gasteiger partial charge in [-0.15, -0.1) is 23.2 Å². The Kier molecular flexibility index (Phi) is 13.9. The van der Waals surface area contributed by atoms with Gasteiger partial charge >= 0.3 is 0 Å². The van der Waals surface area contributed by atoms with Crippen LogP contribution >= 0.6 is 23.2 Å². The lowest BCUT2D eigenvalue weighted by Gasteiger charge is -2.15. The zero-order valence-corrected chi connectivity index (χ0v) is 18.1. The van der Waals surface area contributed by atoms with Crippen molar-refractivity contribution in [3.05, 3.63) is 23.3 Å². The minimum atomic E-state index is 0.409. The molecule has 0 amide bonds. The molecule has 0 heterocycles. The summed E-state index contributed by atoms with van der Waals surface area (Å²) in [7, 11) is 0. The van der Waals surface area contributed by atoms with Crippen molar-refractivity contribution in [1.82, 2.24) is 0 Å². The molecule has 0 atom stereocenters. The Bertz CT molecular complexity index is 477. The van der Waals surface area contributed by atoms with Crippen LogP contribution in [0.3, 0.4) is 0 Å². The van der Waals surface area contributed by atoms with Gasteiger partial charge in [-0.1, -0.05) is 64.7 Å². The van der Waals surface area contributed by atoms with Crippen molar-refractivity contribution < 1.29 is 9.47 Å². The second kappa shape index (κ2) is 15.5. The molecule has 0 saturated heterocycles. The van der Waals surface area contributed by atoms with E-state index >= 15 is 0 Å². The molecule has 0 aromatic heterocycles. The molecule has 4 heteroatoms. The van der Waals surface area contributed by atoms with E-state index in [9.17, 15) is 0 Å². The van der Waals surface area contributed by atoms with Crippen LogP contribution in [0.2, 0.25) is 0 Å². The Labute approximate surface area is 170 Å². The molecule has 0 aliphatic carbocycles. The average Bonchev–Trinajstić information content (AvgIpc) is 2.66. The molecular formula is C22H36Cl2O2. The maximum atomic E-state index is 6.07. The van der Waals surface area contributed by atoms with Crippen LogP contribution in [-0.4, -0.2) is 13.2 Å². The van der Waals surface area contributed by atoms with E-state index in [4.69, 9.17) is 32.7 Å². The highest BCUT2D eigenvalue weighted by Gasteiger charge is 2.11. The third-order valence-corrected chi connectivity index (χ3v) is 5.16. The van der Waals surface area contributed by atoms with Gasteiger partial charge in [-0.25, -0.2) is 0 Å². The quantitative estimate of drug-likeness (QED) is 0.207. The van der Waals surface area contributed by atoms with Crippen molar-refractivity contribution in [2.24, 2.45) is 0 Å². The summed E-state index contributed by atoms with van der Waals surface area (Å²) in [6, 6.07) is 3.94. The highest BCUT2D eigenvalue weighted by molar-refractivity contribution is 6.18. The standard InChI is InChI=1S/C22H36Cl2O2/c1-3-5-6-7-8-9-10-11-12-13-14-26-22-16-19(17-23)21(25-4-2)15-20(22)18-24/h15-16H,3-14,17-18H2,1-2H3. The van der Waals surface area contributed by atoms with Gasteiger partial charge in [0.1, 0.15) is 11.5 Å².